The predicted molar refractivity (Wildman–Crippen MR) is 111 cm³/mol. The standard InChI is InChI=1S/C22H24ClN3O2/c1-16(27)26-10-9-17-5-2-3-8-20(17)21(26)22(28)25-13-11-24(12-14-25)19-7-4-6-18(23)15-19/h2-8,15,21H,9-14H2,1H3. The fourth-order valence-corrected chi connectivity index (χ4v) is 4.39. The molecule has 1 unspecified atom stereocenters. The van der Waals surface area contributed by atoms with Crippen molar-refractivity contribution in [2.45, 2.75) is 19.4 Å². The minimum absolute atomic E-state index is 0.0214. The Hall–Kier alpha value is -2.53. The van der Waals surface area contributed by atoms with E-state index in [1.165, 1.54) is 0 Å². The van der Waals surface area contributed by atoms with E-state index in [0.29, 0.717) is 24.7 Å². The SMILES string of the molecule is CC(=O)N1CCc2ccccc2C1C(=O)N1CCN(c2cccc(Cl)c2)CC1. The lowest BCUT2D eigenvalue weighted by Gasteiger charge is -2.41. The predicted octanol–water partition coefficient (Wildman–Crippen LogP) is 3.13. The summed E-state index contributed by atoms with van der Waals surface area (Å²) < 4.78 is 0. The Morgan fingerprint density at radius 3 is 2.43 bits per heavy atom. The van der Waals surface area contributed by atoms with E-state index in [-0.39, 0.29) is 11.8 Å². The van der Waals surface area contributed by atoms with Crippen LogP contribution in [0.4, 0.5) is 5.69 Å². The van der Waals surface area contributed by atoms with Gasteiger partial charge in [0, 0.05) is 50.4 Å². The second-order valence-corrected chi connectivity index (χ2v) is 7.79. The van der Waals surface area contributed by atoms with Crippen LogP contribution >= 0.6 is 11.6 Å². The number of amides is 2. The molecule has 28 heavy (non-hydrogen) atoms. The number of hydrogen-bond acceptors (Lipinski definition) is 3. The molecule has 0 saturated carbocycles. The summed E-state index contributed by atoms with van der Waals surface area (Å²) >= 11 is 6.11. The van der Waals surface area contributed by atoms with Crippen molar-refractivity contribution >= 4 is 29.1 Å². The minimum atomic E-state index is -0.514. The molecule has 1 atom stereocenters. The van der Waals surface area contributed by atoms with Gasteiger partial charge in [-0.1, -0.05) is 41.9 Å². The van der Waals surface area contributed by atoms with E-state index >= 15 is 0 Å². The van der Waals surface area contributed by atoms with Crippen molar-refractivity contribution < 1.29 is 9.59 Å². The molecule has 0 bridgehead atoms. The third-order valence-corrected chi connectivity index (χ3v) is 5.92. The summed E-state index contributed by atoms with van der Waals surface area (Å²) in [7, 11) is 0. The van der Waals surface area contributed by atoms with Crippen molar-refractivity contribution in [1.82, 2.24) is 9.80 Å². The van der Waals surface area contributed by atoms with Crippen LogP contribution in [0.2, 0.25) is 5.02 Å². The summed E-state index contributed by atoms with van der Waals surface area (Å²) in [6.45, 7) is 4.91. The van der Waals surface area contributed by atoms with Crippen molar-refractivity contribution in [3.63, 3.8) is 0 Å². The molecule has 0 aliphatic carbocycles. The summed E-state index contributed by atoms with van der Waals surface area (Å²) in [4.78, 5) is 31.5. The van der Waals surface area contributed by atoms with Gasteiger partial charge in [0.15, 0.2) is 0 Å². The van der Waals surface area contributed by atoms with Crippen molar-refractivity contribution in [2.24, 2.45) is 0 Å². The van der Waals surface area contributed by atoms with Gasteiger partial charge in [0.1, 0.15) is 6.04 Å². The molecule has 1 fully saturated rings. The molecular weight excluding hydrogens is 374 g/mol. The number of piperazine rings is 1. The van der Waals surface area contributed by atoms with E-state index in [1.807, 2.05) is 47.4 Å². The van der Waals surface area contributed by atoms with Gasteiger partial charge in [0.2, 0.25) is 11.8 Å². The lowest BCUT2D eigenvalue weighted by atomic mass is 9.91. The monoisotopic (exact) mass is 397 g/mol. The third-order valence-electron chi connectivity index (χ3n) is 5.69. The zero-order chi connectivity index (χ0) is 19.7. The molecule has 2 aliphatic heterocycles. The van der Waals surface area contributed by atoms with Gasteiger partial charge >= 0.3 is 0 Å². The Balaban J connectivity index is 1.52. The van der Waals surface area contributed by atoms with Gasteiger partial charge < -0.3 is 14.7 Å². The van der Waals surface area contributed by atoms with Gasteiger partial charge in [-0.15, -0.1) is 0 Å². The Labute approximate surface area is 170 Å². The van der Waals surface area contributed by atoms with E-state index in [9.17, 15) is 9.59 Å². The van der Waals surface area contributed by atoms with Gasteiger partial charge in [-0.3, -0.25) is 9.59 Å². The first-order valence-electron chi connectivity index (χ1n) is 9.69. The minimum Gasteiger partial charge on any atom is -0.368 e. The fourth-order valence-electron chi connectivity index (χ4n) is 4.20. The van der Waals surface area contributed by atoms with Crippen molar-refractivity contribution in [3.8, 4) is 0 Å². The fraction of sp³-hybridized carbons (Fsp3) is 0.364. The maximum absolute atomic E-state index is 13.4. The Morgan fingerprint density at radius 2 is 1.71 bits per heavy atom. The van der Waals surface area contributed by atoms with Crippen LogP contribution in [0, 0.1) is 0 Å². The van der Waals surface area contributed by atoms with Gasteiger partial charge in [-0.2, -0.15) is 0 Å². The molecule has 6 heteroatoms. The van der Waals surface area contributed by atoms with Crippen molar-refractivity contribution in [1.29, 1.82) is 0 Å². The molecule has 1 saturated heterocycles. The van der Waals surface area contributed by atoms with Crippen LogP contribution < -0.4 is 4.90 Å². The first-order valence-corrected chi connectivity index (χ1v) is 10.1. The van der Waals surface area contributed by atoms with E-state index in [1.54, 1.807) is 11.8 Å². The summed E-state index contributed by atoms with van der Waals surface area (Å²) in [5, 5.41) is 0.715. The zero-order valence-electron chi connectivity index (χ0n) is 16.0. The first kappa shape index (κ1) is 18.8. The molecule has 2 heterocycles. The molecule has 0 radical (unpaired) electrons. The number of fused-ring (bicyclic) bond motifs is 1. The highest BCUT2D eigenvalue weighted by Gasteiger charge is 2.37. The normalized spacial score (nSPS) is 19.4. The maximum atomic E-state index is 13.4. The van der Waals surface area contributed by atoms with Gasteiger partial charge in [-0.05, 0) is 35.7 Å². The zero-order valence-corrected chi connectivity index (χ0v) is 16.7. The highest BCUT2D eigenvalue weighted by atomic mass is 35.5. The average molecular weight is 398 g/mol. The lowest BCUT2D eigenvalue weighted by molar-refractivity contribution is -0.146. The van der Waals surface area contributed by atoms with Crippen LogP contribution in [-0.2, 0) is 16.0 Å². The van der Waals surface area contributed by atoms with E-state index in [0.717, 1.165) is 36.3 Å². The molecule has 5 nitrogen and oxygen atoms in total. The molecule has 146 valence electrons. The van der Waals surface area contributed by atoms with E-state index in [4.69, 9.17) is 11.6 Å². The first-order chi connectivity index (χ1) is 13.5. The Kier molecular flexibility index (Phi) is 5.27. The molecule has 0 spiro atoms. The summed E-state index contributed by atoms with van der Waals surface area (Å²) in [5.74, 6) is -0.0292. The smallest absolute Gasteiger partial charge is 0.250 e. The summed E-state index contributed by atoms with van der Waals surface area (Å²) in [6, 6.07) is 15.3. The second-order valence-electron chi connectivity index (χ2n) is 7.36. The van der Waals surface area contributed by atoms with Crippen LogP contribution in [0.5, 0.6) is 0 Å². The number of rotatable bonds is 2. The molecular formula is C22H24ClN3O2. The van der Waals surface area contributed by atoms with Gasteiger partial charge in [-0.25, -0.2) is 0 Å². The highest BCUT2D eigenvalue weighted by molar-refractivity contribution is 6.30. The van der Waals surface area contributed by atoms with Crippen LogP contribution in [0.25, 0.3) is 0 Å². The number of halogens is 1. The number of carbonyl (C=O) groups is 2. The summed E-state index contributed by atoms with van der Waals surface area (Å²) in [5.41, 5.74) is 3.20. The molecule has 2 amide bonds. The third kappa shape index (κ3) is 3.59. The highest BCUT2D eigenvalue weighted by Crippen LogP contribution is 2.32. The molecule has 2 aromatic carbocycles. The molecule has 2 aliphatic rings. The van der Waals surface area contributed by atoms with Gasteiger partial charge in [0.25, 0.3) is 0 Å². The number of hydrogen-bond donors (Lipinski definition) is 0. The molecule has 4 rings (SSSR count). The number of benzene rings is 2. The largest absolute Gasteiger partial charge is 0.368 e. The topological polar surface area (TPSA) is 43.9 Å². The summed E-state index contributed by atoms with van der Waals surface area (Å²) in [6.07, 6.45) is 0.794. The average Bonchev–Trinajstić information content (AvgIpc) is 2.72. The van der Waals surface area contributed by atoms with Crippen LogP contribution in [0.15, 0.2) is 48.5 Å². The number of nitrogens with zero attached hydrogens (tertiary/aromatic N) is 3. The second kappa shape index (κ2) is 7.84. The number of carbonyl (C=O) groups excluding carboxylic acids is 2. The molecule has 0 N–H and O–H groups in total. The number of anilines is 1. The Morgan fingerprint density at radius 1 is 0.964 bits per heavy atom. The Bertz CT molecular complexity index is 893. The van der Waals surface area contributed by atoms with Gasteiger partial charge in [0.05, 0.1) is 0 Å². The van der Waals surface area contributed by atoms with Crippen LogP contribution in [0.3, 0.4) is 0 Å². The van der Waals surface area contributed by atoms with E-state index < -0.39 is 6.04 Å². The van der Waals surface area contributed by atoms with Crippen LogP contribution in [0.1, 0.15) is 24.1 Å². The maximum Gasteiger partial charge on any atom is 0.250 e. The molecule has 2 aromatic rings. The van der Waals surface area contributed by atoms with E-state index in [2.05, 4.69) is 11.0 Å². The lowest BCUT2D eigenvalue weighted by Crippen LogP contribution is -2.54. The van der Waals surface area contributed by atoms with Crippen LogP contribution in [-0.4, -0.2) is 54.3 Å². The molecule has 0 aromatic heterocycles. The quantitative estimate of drug-likeness (QED) is 0.782. The van der Waals surface area contributed by atoms with Crippen molar-refractivity contribution in [3.05, 3.63) is 64.7 Å². The van der Waals surface area contributed by atoms with Crippen molar-refractivity contribution in [2.75, 3.05) is 37.6 Å².